The maximum Gasteiger partial charge on any atom is 0.413 e. The maximum atomic E-state index is 14.4. The van der Waals surface area contributed by atoms with Crippen molar-refractivity contribution in [2.24, 2.45) is 7.05 Å². The molecule has 0 aliphatic heterocycles. The van der Waals surface area contributed by atoms with Crippen LogP contribution in [0.25, 0.3) is 30.4 Å². The first-order valence-electron chi connectivity index (χ1n) is 11.4. The second-order valence-electron chi connectivity index (χ2n) is 8.43. The Morgan fingerprint density at radius 3 is 2.34 bits per heavy atom. The van der Waals surface area contributed by atoms with Crippen molar-refractivity contribution in [2.45, 2.75) is 19.4 Å². The molecule has 194 valence electrons. The number of carbonyl (C=O) groups is 2. The summed E-state index contributed by atoms with van der Waals surface area (Å²) in [7, 11) is 1.65. The van der Waals surface area contributed by atoms with Crippen LogP contribution in [-0.2, 0) is 23.0 Å². The first kappa shape index (κ1) is 25.5. The van der Waals surface area contributed by atoms with Gasteiger partial charge in [-0.15, -0.1) is 27.8 Å². The number of aryl methyl sites for hydroxylation is 1. The average Bonchev–Trinajstić information content (AvgIpc) is 3.55. The summed E-state index contributed by atoms with van der Waals surface area (Å²) in [6, 6.07) is 15.3. The molecule has 0 radical (unpaired) electrons. The number of amides is 1. The maximum absolute atomic E-state index is 14.4. The van der Waals surface area contributed by atoms with Crippen LogP contribution < -0.4 is 5.32 Å². The van der Waals surface area contributed by atoms with E-state index in [2.05, 4.69) is 15.6 Å². The summed E-state index contributed by atoms with van der Waals surface area (Å²) in [6.45, 7) is 1.78. The molecular formula is C26H20F2N4O4S2. The molecule has 38 heavy (non-hydrogen) atoms. The van der Waals surface area contributed by atoms with E-state index in [4.69, 9.17) is 9.84 Å². The number of ether oxygens (including phenoxy) is 1. The second kappa shape index (κ2) is 10.3. The fraction of sp³-hybridized carbons (Fsp3) is 0.154. The Hall–Kier alpha value is -4.16. The highest BCUT2D eigenvalue weighted by Gasteiger charge is 2.21. The molecule has 0 aliphatic carbocycles. The summed E-state index contributed by atoms with van der Waals surface area (Å²) in [5.74, 6) is -2.74. The van der Waals surface area contributed by atoms with Gasteiger partial charge in [-0.05, 0) is 42.3 Å². The molecule has 5 aromatic rings. The van der Waals surface area contributed by atoms with Gasteiger partial charge in [-0.1, -0.05) is 35.5 Å². The van der Waals surface area contributed by atoms with E-state index >= 15 is 0 Å². The van der Waals surface area contributed by atoms with E-state index in [1.54, 1.807) is 20.0 Å². The Morgan fingerprint density at radius 2 is 1.68 bits per heavy atom. The SMILES string of the molecule is C[C@@H](OC(=O)Nc1c(-c2cc3sc(-c4cc(F)c(CC(=O)O)c(F)c4)cc3s2)nnn1C)c1ccccc1. The van der Waals surface area contributed by atoms with Gasteiger partial charge in [0.05, 0.1) is 11.3 Å². The molecule has 0 saturated carbocycles. The summed E-state index contributed by atoms with van der Waals surface area (Å²) < 4.78 is 37.4. The molecule has 0 unspecified atom stereocenters. The lowest BCUT2D eigenvalue weighted by Gasteiger charge is -2.14. The minimum Gasteiger partial charge on any atom is -0.481 e. The first-order valence-corrected chi connectivity index (χ1v) is 13.0. The number of benzene rings is 2. The third kappa shape index (κ3) is 5.13. The molecule has 2 N–H and O–H groups in total. The molecule has 12 heteroatoms. The molecule has 0 bridgehead atoms. The molecule has 1 atom stereocenters. The van der Waals surface area contributed by atoms with Crippen molar-refractivity contribution >= 4 is 50.0 Å². The number of carbonyl (C=O) groups excluding carboxylic acids is 1. The van der Waals surface area contributed by atoms with Crippen molar-refractivity contribution in [3.8, 4) is 21.0 Å². The first-order chi connectivity index (χ1) is 18.2. The highest BCUT2D eigenvalue weighted by atomic mass is 32.1. The van der Waals surface area contributed by atoms with E-state index in [0.29, 0.717) is 22.0 Å². The van der Waals surface area contributed by atoms with Crippen molar-refractivity contribution in [3.63, 3.8) is 0 Å². The van der Waals surface area contributed by atoms with Crippen LogP contribution in [0.3, 0.4) is 0 Å². The van der Waals surface area contributed by atoms with Crippen LogP contribution >= 0.6 is 22.7 Å². The van der Waals surface area contributed by atoms with Crippen LogP contribution in [0.4, 0.5) is 19.4 Å². The monoisotopic (exact) mass is 554 g/mol. The molecule has 0 aliphatic rings. The van der Waals surface area contributed by atoms with E-state index in [-0.39, 0.29) is 0 Å². The van der Waals surface area contributed by atoms with Gasteiger partial charge in [0.1, 0.15) is 23.4 Å². The molecule has 8 nitrogen and oxygen atoms in total. The lowest BCUT2D eigenvalue weighted by atomic mass is 10.1. The number of nitrogens with zero attached hydrogens (tertiary/aromatic N) is 3. The van der Waals surface area contributed by atoms with Crippen molar-refractivity contribution in [3.05, 3.63) is 77.4 Å². The fourth-order valence-electron chi connectivity index (χ4n) is 3.90. The summed E-state index contributed by atoms with van der Waals surface area (Å²) >= 11 is 2.72. The van der Waals surface area contributed by atoms with Crippen molar-refractivity contribution in [2.75, 3.05) is 5.32 Å². The van der Waals surface area contributed by atoms with Crippen molar-refractivity contribution in [1.29, 1.82) is 0 Å². The number of aromatic nitrogens is 3. The van der Waals surface area contributed by atoms with Crippen LogP contribution in [0, 0.1) is 11.6 Å². The zero-order chi connectivity index (χ0) is 27.0. The molecule has 3 aromatic heterocycles. The number of fused-ring (bicyclic) bond motifs is 1. The van der Waals surface area contributed by atoms with Crippen molar-refractivity contribution in [1.82, 2.24) is 15.0 Å². The summed E-state index contributed by atoms with van der Waals surface area (Å²) in [4.78, 5) is 24.9. The highest BCUT2D eigenvalue weighted by Crippen LogP contribution is 2.43. The largest absolute Gasteiger partial charge is 0.481 e. The van der Waals surface area contributed by atoms with Gasteiger partial charge in [0.2, 0.25) is 0 Å². The standard InChI is InChI=1S/C26H20F2N4O4S2/c1-13(14-6-4-3-5-7-14)36-26(35)29-25-24(30-31-32(25)2)22-12-21-20(38-22)11-19(37-21)15-8-17(27)16(10-23(33)34)18(28)9-15/h3-9,11-13H,10H2,1-2H3,(H,29,35)(H,33,34)/t13-/m1/s1. The minimum absolute atomic E-state index is 0.321. The Balaban J connectivity index is 1.37. The lowest BCUT2D eigenvalue weighted by Crippen LogP contribution is -2.18. The summed E-state index contributed by atoms with van der Waals surface area (Å²) in [5.41, 5.74) is 1.17. The van der Waals surface area contributed by atoms with E-state index in [1.807, 2.05) is 36.4 Å². The van der Waals surface area contributed by atoms with Gasteiger partial charge >= 0.3 is 12.1 Å². The third-order valence-corrected chi connectivity index (χ3v) is 8.14. The molecule has 0 spiro atoms. The number of hydrogen-bond donors (Lipinski definition) is 2. The van der Waals surface area contributed by atoms with E-state index < -0.39 is 41.8 Å². The zero-order valence-electron chi connectivity index (χ0n) is 20.1. The number of carboxylic acid groups (broad SMARTS) is 1. The molecule has 3 heterocycles. The normalized spacial score (nSPS) is 12.0. The zero-order valence-corrected chi connectivity index (χ0v) is 21.7. The number of anilines is 1. The molecule has 5 rings (SSSR count). The molecule has 0 fully saturated rings. The van der Waals surface area contributed by atoms with Crippen molar-refractivity contribution < 1.29 is 28.2 Å². The van der Waals surface area contributed by atoms with Gasteiger partial charge in [0, 0.05) is 26.9 Å². The van der Waals surface area contributed by atoms with E-state index in [1.165, 1.54) is 27.4 Å². The number of carboxylic acids is 1. The quantitative estimate of drug-likeness (QED) is 0.234. The van der Waals surface area contributed by atoms with Crippen LogP contribution in [-0.4, -0.2) is 32.2 Å². The van der Waals surface area contributed by atoms with Crippen LogP contribution in [0.1, 0.15) is 24.2 Å². The van der Waals surface area contributed by atoms with Gasteiger partial charge in [0.15, 0.2) is 5.82 Å². The van der Waals surface area contributed by atoms with Gasteiger partial charge < -0.3 is 9.84 Å². The average molecular weight is 555 g/mol. The number of thiophene rings is 2. The Kier molecular flexibility index (Phi) is 6.91. The van der Waals surface area contributed by atoms with Crippen LogP contribution in [0.2, 0.25) is 0 Å². The predicted molar refractivity (Wildman–Crippen MR) is 141 cm³/mol. The number of rotatable bonds is 7. The second-order valence-corrected chi connectivity index (χ2v) is 10.6. The summed E-state index contributed by atoms with van der Waals surface area (Å²) in [6.07, 6.45) is -1.84. The van der Waals surface area contributed by atoms with Gasteiger partial charge in [-0.2, -0.15) is 0 Å². The van der Waals surface area contributed by atoms with Gasteiger partial charge in [-0.3, -0.25) is 10.1 Å². The number of hydrogen-bond acceptors (Lipinski definition) is 7. The smallest absolute Gasteiger partial charge is 0.413 e. The summed E-state index contributed by atoms with van der Waals surface area (Å²) in [5, 5.41) is 19.8. The number of aliphatic carboxylic acids is 1. The Bertz CT molecular complexity index is 1610. The Morgan fingerprint density at radius 1 is 1.05 bits per heavy atom. The molecule has 0 saturated heterocycles. The molecule has 2 aromatic carbocycles. The van der Waals surface area contributed by atoms with Gasteiger partial charge in [0.25, 0.3) is 0 Å². The van der Waals surface area contributed by atoms with Crippen LogP contribution in [0.15, 0.2) is 54.6 Å². The number of nitrogens with one attached hydrogen (secondary N) is 1. The highest BCUT2D eigenvalue weighted by molar-refractivity contribution is 7.31. The van der Waals surface area contributed by atoms with Crippen LogP contribution in [0.5, 0.6) is 0 Å². The van der Waals surface area contributed by atoms with Gasteiger partial charge in [-0.25, -0.2) is 18.3 Å². The number of halogens is 2. The fourth-order valence-corrected chi connectivity index (χ4v) is 6.27. The minimum atomic E-state index is -1.31. The molecular weight excluding hydrogens is 534 g/mol. The Labute approximate surface area is 223 Å². The lowest BCUT2D eigenvalue weighted by molar-refractivity contribution is -0.136. The topological polar surface area (TPSA) is 106 Å². The van der Waals surface area contributed by atoms with E-state index in [9.17, 15) is 18.4 Å². The predicted octanol–water partition coefficient (Wildman–Crippen LogP) is 6.64. The van der Waals surface area contributed by atoms with E-state index in [0.717, 1.165) is 32.0 Å². The molecule has 1 amide bonds. The third-order valence-electron chi connectivity index (χ3n) is 5.79.